The summed E-state index contributed by atoms with van der Waals surface area (Å²) in [6.45, 7) is 1.93. The van der Waals surface area contributed by atoms with E-state index >= 15 is 0 Å². The van der Waals surface area contributed by atoms with Gasteiger partial charge < -0.3 is 0 Å². The summed E-state index contributed by atoms with van der Waals surface area (Å²) < 4.78 is 27.6. The first kappa shape index (κ1) is 17.2. The van der Waals surface area contributed by atoms with E-state index in [1.165, 1.54) is 0 Å². The number of pyridine rings is 1. The first-order valence-electron chi connectivity index (χ1n) is 8.11. The molecule has 0 saturated carbocycles. The van der Waals surface area contributed by atoms with Crippen molar-refractivity contribution in [2.75, 3.05) is 4.72 Å². The second-order valence-corrected chi connectivity index (χ2v) is 7.62. The highest BCUT2D eigenvalue weighted by Gasteiger charge is 2.13. The molecule has 0 fully saturated rings. The maximum Gasteiger partial charge on any atom is 0.261 e. The molecule has 128 valence electrons. The summed E-state index contributed by atoms with van der Waals surface area (Å²) in [7, 11) is -3.58. The van der Waals surface area contributed by atoms with Gasteiger partial charge in [-0.2, -0.15) is 0 Å². The standard InChI is InChI=1S/C20H20N2O2S/c1-16-8-12-20(13-9-16)25(23,24)22-19-7-4-5-17(15-19)10-11-18-6-2-3-14-21-18/h2-9,12-15,22H,10-11H2,1H3. The smallest absolute Gasteiger partial charge is 0.261 e. The van der Waals surface area contributed by atoms with Gasteiger partial charge in [0.05, 0.1) is 4.90 Å². The highest BCUT2D eigenvalue weighted by atomic mass is 32.2. The Hall–Kier alpha value is -2.66. The maximum atomic E-state index is 12.5. The molecule has 0 saturated heterocycles. The molecule has 0 aliphatic carbocycles. The molecule has 1 N–H and O–H groups in total. The Bertz CT molecular complexity index is 937. The summed E-state index contributed by atoms with van der Waals surface area (Å²) in [5.74, 6) is 0. The number of aromatic nitrogens is 1. The molecule has 2 aromatic carbocycles. The van der Waals surface area contributed by atoms with Crippen molar-refractivity contribution >= 4 is 15.7 Å². The average Bonchev–Trinajstić information content (AvgIpc) is 2.61. The van der Waals surface area contributed by atoms with E-state index in [0.717, 1.165) is 29.7 Å². The van der Waals surface area contributed by atoms with Gasteiger partial charge in [0.1, 0.15) is 0 Å². The predicted octanol–water partition coefficient (Wildman–Crippen LogP) is 3.98. The summed E-state index contributed by atoms with van der Waals surface area (Å²) in [5.41, 5.74) is 3.68. The fourth-order valence-electron chi connectivity index (χ4n) is 2.54. The fourth-order valence-corrected chi connectivity index (χ4v) is 3.59. The minimum atomic E-state index is -3.58. The third kappa shape index (κ3) is 4.67. The van der Waals surface area contributed by atoms with Crippen LogP contribution in [0.2, 0.25) is 0 Å². The Morgan fingerprint density at radius 3 is 2.44 bits per heavy atom. The molecule has 0 radical (unpaired) electrons. The molecule has 5 heteroatoms. The third-order valence-electron chi connectivity index (χ3n) is 3.91. The van der Waals surface area contributed by atoms with E-state index in [2.05, 4.69) is 9.71 Å². The number of hydrogen-bond acceptors (Lipinski definition) is 3. The number of aryl methyl sites for hydroxylation is 3. The molecule has 0 atom stereocenters. The lowest BCUT2D eigenvalue weighted by atomic mass is 10.1. The van der Waals surface area contributed by atoms with Crippen molar-refractivity contribution in [3.63, 3.8) is 0 Å². The molecule has 0 bridgehead atoms. The van der Waals surface area contributed by atoms with Crippen molar-refractivity contribution in [3.05, 3.63) is 89.7 Å². The number of rotatable bonds is 6. The Kier molecular flexibility index (Phi) is 5.14. The highest BCUT2D eigenvalue weighted by Crippen LogP contribution is 2.18. The van der Waals surface area contributed by atoms with Crippen molar-refractivity contribution < 1.29 is 8.42 Å². The molecule has 0 aliphatic rings. The number of anilines is 1. The molecule has 1 aromatic heterocycles. The van der Waals surface area contributed by atoms with Gasteiger partial charge in [-0.3, -0.25) is 9.71 Å². The minimum Gasteiger partial charge on any atom is -0.280 e. The number of nitrogens with one attached hydrogen (secondary N) is 1. The molecule has 4 nitrogen and oxygen atoms in total. The Morgan fingerprint density at radius 2 is 1.72 bits per heavy atom. The lowest BCUT2D eigenvalue weighted by Crippen LogP contribution is -2.13. The van der Waals surface area contributed by atoms with Gasteiger partial charge in [0.15, 0.2) is 0 Å². The molecule has 3 aromatic rings. The van der Waals surface area contributed by atoms with Crippen LogP contribution in [0.25, 0.3) is 0 Å². The monoisotopic (exact) mass is 352 g/mol. The molecule has 3 rings (SSSR count). The first-order valence-corrected chi connectivity index (χ1v) is 9.60. The number of benzene rings is 2. The molecular formula is C20H20N2O2S. The van der Waals surface area contributed by atoms with Crippen molar-refractivity contribution in [1.29, 1.82) is 0 Å². The third-order valence-corrected chi connectivity index (χ3v) is 5.30. The van der Waals surface area contributed by atoms with E-state index in [-0.39, 0.29) is 4.90 Å². The fraction of sp³-hybridized carbons (Fsp3) is 0.150. The quantitative estimate of drug-likeness (QED) is 0.730. The van der Waals surface area contributed by atoms with Crippen LogP contribution in [0.4, 0.5) is 5.69 Å². The zero-order chi connectivity index (χ0) is 17.7. The summed E-state index contributed by atoms with van der Waals surface area (Å²) in [6, 6.07) is 20.1. The van der Waals surface area contributed by atoms with Crippen molar-refractivity contribution in [1.82, 2.24) is 4.98 Å². The van der Waals surface area contributed by atoms with E-state index in [0.29, 0.717) is 5.69 Å². The summed E-state index contributed by atoms with van der Waals surface area (Å²) in [6.07, 6.45) is 3.40. The van der Waals surface area contributed by atoms with Crippen LogP contribution in [0.1, 0.15) is 16.8 Å². The van der Waals surface area contributed by atoms with Crippen LogP contribution >= 0.6 is 0 Å². The Morgan fingerprint density at radius 1 is 0.920 bits per heavy atom. The second-order valence-electron chi connectivity index (χ2n) is 5.94. The van der Waals surface area contributed by atoms with Gasteiger partial charge in [-0.15, -0.1) is 0 Å². The number of nitrogens with zero attached hydrogens (tertiary/aromatic N) is 1. The van der Waals surface area contributed by atoms with Crippen LogP contribution in [0.15, 0.2) is 77.8 Å². The molecule has 0 amide bonds. The second kappa shape index (κ2) is 7.49. The van der Waals surface area contributed by atoms with E-state index in [4.69, 9.17) is 0 Å². The van der Waals surface area contributed by atoms with Gasteiger partial charge >= 0.3 is 0 Å². The van der Waals surface area contributed by atoms with Gasteiger partial charge in [0, 0.05) is 17.6 Å². The lowest BCUT2D eigenvalue weighted by molar-refractivity contribution is 0.601. The minimum absolute atomic E-state index is 0.261. The SMILES string of the molecule is Cc1ccc(S(=O)(=O)Nc2cccc(CCc3ccccn3)c2)cc1. The van der Waals surface area contributed by atoms with Crippen LogP contribution < -0.4 is 4.72 Å². The summed E-state index contributed by atoms with van der Waals surface area (Å²) in [4.78, 5) is 4.57. The van der Waals surface area contributed by atoms with E-state index in [9.17, 15) is 8.42 Å². The first-order chi connectivity index (χ1) is 12.0. The summed E-state index contributed by atoms with van der Waals surface area (Å²) in [5, 5.41) is 0. The molecular weight excluding hydrogens is 332 g/mol. The average molecular weight is 352 g/mol. The van der Waals surface area contributed by atoms with Crippen LogP contribution in [0.3, 0.4) is 0 Å². The van der Waals surface area contributed by atoms with E-state index in [1.807, 2.05) is 43.3 Å². The van der Waals surface area contributed by atoms with Gasteiger partial charge in [0.25, 0.3) is 10.0 Å². The lowest BCUT2D eigenvalue weighted by Gasteiger charge is -2.10. The van der Waals surface area contributed by atoms with Crippen LogP contribution in [-0.4, -0.2) is 13.4 Å². The van der Waals surface area contributed by atoms with Gasteiger partial charge in [0.2, 0.25) is 0 Å². The number of sulfonamides is 1. The van der Waals surface area contributed by atoms with Gasteiger partial charge in [-0.25, -0.2) is 8.42 Å². The number of hydrogen-bond donors (Lipinski definition) is 1. The largest absolute Gasteiger partial charge is 0.280 e. The molecule has 1 heterocycles. The topological polar surface area (TPSA) is 59.1 Å². The van der Waals surface area contributed by atoms with Crippen LogP contribution in [-0.2, 0) is 22.9 Å². The molecule has 0 aliphatic heterocycles. The van der Waals surface area contributed by atoms with Crippen LogP contribution in [0.5, 0.6) is 0 Å². The van der Waals surface area contributed by atoms with Crippen molar-refractivity contribution in [2.24, 2.45) is 0 Å². The van der Waals surface area contributed by atoms with Gasteiger partial charge in [-0.05, 0) is 61.7 Å². The van der Waals surface area contributed by atoms with E-state index in [1.54, 1.807) is 36.5 Å². The van der Waals surface area contributed by atoms with E-state index < -0.39 is 10.0 Å². The maximum absolute atomic E-state index is 12.5. The highest BCUT2D eigenvalue weighted by molar-refractivity contribution is 7.92. The zero-order valence-electron chi connectivity index (χ0n) is 14.0. The van der Waals surface area contributed by atoms with Gasteiger partial charge in [-0.1, -0.05) is 35.9 Å². The van der Waals surface area contributed by atoms with Crippen molar-refractivity contribution in [3.8, 4) is 0 Å². The molecule has 0 spiro atoms. The Labute approximate surface area is 148 Å². The molecule has 0 unspecified atom stereocenters. The summed E-state index contributed by atoms with van der Waals surface area (Å²) >= 11 is 0. The Balaban J connectivity index is 1.72. The van der Waals surface area contributed by atoms with Crippen molar-refractivity contribution in [2.45, 2.75) is 24.7 Å². The molecule has 25 heavy (non-hydrogen) atoms. The zero-order valence-corrected chi connectivity index (χ0v) is 14.8. The van der Waals surface area contributed by atoms with Crippen LogP contribution in [0, 0.1) is 6.92 Å². The predicted molar refractivity (Wildman–Crippen MR) is 100 cm³/mol. The normalized spacial score (nSPS) is 11.2.